The molecule has 0 fully saturated rings. The standard InChI is InChI=1S/C7H11NO2/c1-5(9)7(4-8)6(2)10-3/h6-7H,1-3H3. The van der Waals surface area contributed by atoms with Crippen LogP contribution in [0.4, 0.5) is 0 Å². The Morgan fingerprint density at radius 3 is 2.30 bits per heavy atom. The number of Topliss-reactive ketones (excluding diaryl/α,β-unsaturated/α-hetero) is 1. The van der Waals surface area contributed by atoms with Crippen molar-refractivity contribution in [2.24, 2.45) is 5.92 Å². The number of nitriles is 1. The average Bonchev–Trinajstić information content (AvgIpc) is 1.88. The molecule has 0 aliphatic heterocycles. The van der Waals surface area contributed by atoms with Crippen molar-refractivity contribution in [1.29, 1.82) is 5.26 Å². The summed E-state index contributed by atoms with van der Waals surface area (Å²) in [6.07, 6.45) is -0.303. The molecule has 0 aliphatic carbocycles. The van der Waals surface area contributed by atoms with E-state index in [9.17, 15) is 4.79 Å². The number of ether oxygens (including phenoxy) is 1. The first-order valence-corrected chi connectivity index (χ1v) is 3.06. The second kappa shape index (κ2) is 4.02. The third-order valence-electron chi connectivity index (χ3n) is 1.42. The van der Waals surface area contributed by atoms with E-state index in [1.54, 1.807) is 6.92 Å². The van der Waals surface area contributed by atoms with Crippen molar-refractivity contribution in [2.75, 3.05) is 7.11 Å². The highest BCUT2D eigenvalue weighted by atomic mass is 16.5. The lowest BCUT2D eigenvalue weighted by atomic mass is 10.0. The number of carbonyl (C=O) groups excluding carboxylic acids is 1. The number of rotatable bonds is 3. The van der Waals surface area contributed by atoms with Crippen LogP contribution in [0.3, 0.4) is 0 Å². The normalized spacial score (nSPS) is 15.4. The van der Waals surface area contributed by atoms with E-state index in [0.717, 1.165) is 0 Å². The van der Waals surface area contributed by atoms with Crippen LogP contribution < -0.4 is 0 Å². The first-order valence-electron chi connectivity index (χ1n) is 3.06. The van der Waals surface area contributed by atoms with Crippen molar-refractivity contribution in [3.05, 3.63) is 0 Å². The van der Waals surface area contributed by atoms with Gasteiger partial charge in [0.25, 0.3) is 0 Å². The molecular weight excluding hydrogens is 130 g/mol. The third-order valence-corrected chi connectivity index (χ3v) is 1.42. The molecule has 0 aromatic rings. The molecule has 56 valence electrons. The highest BCUT2D eigenvalue weighted by Gasteiger charge is 2.20. The molecule has 10 heavy (non-hydrogen) atoms. The fourth-order valence-corrected chi connectivity index (χ4v) is 0.662. The Labute approximate surface area is 60.6 Å². The zero-order valence-electron chi connectivity index (χ0n) is 6.42. The lowest BCUT2D eigenvalue weighted by Crippen LogP contribution is -2.23. The van der Waals surface area contributed by atoms with Crippen molar-refractivity contribution >= 4 is 5.78 Å². The van der Waals surface area contributed by atoms with E-state index in [2.05, 4.69) is 0 Å². The Hall–Kier alpha value is -0.880. The van der Waals surface area contributed by atoms with Gasteiger partial charge in [-0.2, -0.15) is 5.26 Å². The number of nitrogens with zero attached hydrogens (tertiary/aromatic N) is 1. The second-order valence-electron chi connectivity index (χ2n) is 2.16. The largest absolute Gasteiger partial charge is 0.380 e. The summed E-state index contributed by atoms with van der Waals surface area (Å²) in [6, 6.07) is 1.88. The van der Waals surface area contributed by atoms with Crippen LogP contribution >= 0.6 is 0 Å². The number of methoxy groups -OCH3 is 1. The summed E-state index contributed by atoms with van der Waals surface area (Å²) in [5.74, 6) is -0.762. The highest BCUT2D eigenvalue weighted by Crippen LogP contribution is 2.05. The molecule has 0 saturated heterocycles. The molecule has 0 bridgehead atoms. The summed E-state index contributed by atoms with van der Waals surface area (Å²) in [7, 11) is 1.48. The molecule has 0 spiro atoms. The first kappa shape index (κ1) is 9.12. The van der Waals surface area contributed by atoms with Gasteiger partial charge in [-0.05, 0) is 13.8 Å². The summed E-state index contributed by atoms with van der Waals surface area (Å²) in [4.78, 5) is 10.7. The topological polar surface area (TPSA) is 50.1 Å². The maximum Gasteiger partial charge on any atom is 0.149 e. The smallest absolute Gasteiger partial charge is 0.149 e. The van der Waals surface area contributed by atoms with Gasteiger partial charge < -0.3 is 4.74 Å². The van der Waals surface area contributed by atoms with E-state index in [-0.39, 0.29) is 11.9 Å². The molecule has 0 amide bonds. The monoisotopic (exact) mass is 141 g/mol. The van der Waals surface area contributed by atoms with Gasteiger partial charge in [-0.1, -0.05) is 0 Å². The number of carbonyl (C=O) groups is 1. The SMILES string of the molecule is COC(C)C(C#N)C(C)=O. The lowest BCUT2D eigenvalue weighted by Gasteiger charge is -2.11. The maximum atomic E-state index is 10.7. The summed E-state index contributed by atoms with van der Waals surface area (Å²) < 4.78 is 4.82. The van der Waals surface area contributed by atoms with Gasteiger partial charge in [0, 0.05) is 7.11 Å². The Morgan fingerprint density at radius 2 is 2.20 bits per heavy atom. The van der Waals surface area contributed by atoms with E-state index in [0.29, 0.717) is 0 Å². The van der Waals surface area contributed by atoms with Gasteiger partial charge in [0.2, 0.25) is 0 Å². The van der Waals surface area contributed by atoms with Crippen molar-refractivity contribution < 1.29 is 9.53 Å². The van der Waals surface area contributed by atoms with Crippen LogP contribution in [-0.4, -0.2) is 19.0 Å². The van der Waals surface area contributed by atoms with Crippen molar-refractivity contribution in [2.45, 2.75) is 20.0 Å². The molecule has 2 atom stereocenters. The average molecular weight is 141 g/mol. The van der Waals surface area contributed by atoms with Crippen LogP contribution in [0, 0.1) is 17.2 Å². The molecule has 0 aromatic heterocycles. The predicted molar refractivity (Wildman–Crippen MR) is 36.3 cm³/mol. The fraction of sp³-hybridized carbons (Fsp3) is 0.714. The van der Waals surface area contributed by atoms with Crippen molar-refractivity contribution in [3.63, 3.8) is 0 Å². The summed E-state index contributed by atoms with van der Waals surface area (Å²) in [5.41, 5.74) is 0. The summed E-state index contributed by atoms with van der Waals surface area (Å²) in [6.45, 7) is 3.10. The second-order valence-corrected chi connectivity index (χ2v) is 2.16. The molecule has 0 radical (unpaired) electrons. The Bertz CT molecular complexity index is 159. The van der Waals surface area contributed by atoms with Gasteiger partial charge in [0.15, 0.2) is 0 Å². The summed E-state index contributed by atoms with van der Waals surface area (Å²) >= 11 is 0. The molecule has 3 heteroatoms. The predicted octanol–water partition coefficient (Wildman–Crippen LogP) is 0.750. The quantitative estimate of drug-likeness (QED) is 0.582. The molecule has 2 unspecified atom stereocenters. The molecule has 0 saturated carbocycles. The minimum atomic E-state index is -0.620. The molecular formula is C7H11NO2. The van der Waals surface area contributed by atoms with Gasteiger partial charge in [0.05, 0.1) is 12.2 Å². The summed E-state index contributed by atoms with van der Waals surface area (Å²) in [5, 5.41) is 8.45. The van der Waals surface area contributed by atoms with E-state index >= 15 is 0 Å². The van der Waals surface area contributed by atoms with E-state index in [1.807, 2.05) is 6.07 Å². The van der Waals surface area contributed by atoms with Crippen LogP contribution in [0.15, 0.2) is 0 Å². The minimum absolute atomic E-state index is 0.142. The molecule has 0 rings (SSSR count). The highest BCUT2D eigenvalue weighted by molar-refractivity contribution is 5.81. The van der Waals surface area contributed by atoms with Gasteiger partial charge in [-0.25, -0.2) is 0 Å². The van der Waals surface area contributed by atoms with Gasteiger partial charge in [-0.3, -0.25) is 4.79 Å². The molecule has 0 heterocycles. The number of hydrogen-bond donors (Lipinski definition) is 0. The Kier molecular flexibility index (Phi) is 3.67. The van der Waals surface area contributed by atoms with Gasteiger partial charge in [-0.15, -0.1) is 0 Å². The first-order chi connectivity index (χ1) is 4.63. The maximum absolute atomic E-state index is 10.7. The molecule has 3 nitrogen and oxygen atoms in total. The van der Waals surface area contributed by atoms with Gasteiger partial charge in [0.1, 0.15) is 11.7 Å². The van der Waals surface area contributed by atoms with Crippen LogP contribution in [0.5, 0.6) is 0 Å². The van der Waals surface area contributed by atoms with Crippen molar-refractivity contribution in [3.8, 4) is 6.07 Å². The van der Waals surface area contributed by atoms with E-state index in [1.165, 1.54) is 14.0 Å². The third kappa shape index (κ3) is 2.16. The lowest BCUT2D eigenvalue weighted by molar-refractivity contribution is -0.122. The van der Waals surface area contributed by atoms with Crippen LogP contribution in [-0.2, 0) is 9.53 Å². The minimum Gasteiger partial charge on any atom is -0.380 e. The fourth-order valence-electron chi connectivity index (χ4n) is 0.662. The molecule has 0 aliphatic rings. The number of ketones is 1. The van der Waals surface area contributed by atoms with Crippen molar-refractivity contribution in [1.82, 2.24) is 0 Å². The molecule has 0 aromatic carbocycles. The zero-order valence-corrected chi connectivity index (χ0v) is 6.42. The van der Waals surface area contributed by atoms with Crippen LogP contribution in [0.25, 0.3) is 0 Å². The molecule has 0 N–H and O–H groups in total. The zero-order chi connectivity index (χ0) is 8.15. The number of hydrogen-bond acceptors (Lipinski definition) is 3. The Morgan fingerprint density at radius 1 is 1.70 bits per heavy atom. The Balaban J connectivity index is 4.10. The van der Waals surface area contributed by atoms with Crippen LogP contribution in [0.1, 0.15) is 13.8 Å². The van der Waals surface area contributed by atoms with E-state index < -0.39 is 5.92 Å². The van der Waals surface area contributed by atoms with Gasteiger partial charge >= 0.3 is 0 Å². The van der Waals surface area contributed by atoms with Crippen LogP contribution in [0.2, 0.25) is 0 Å². The van der Waals surface area contributed by atoms with E-state index in [4.69, 9.17) is 10.00 Å².